The lowest BCUT2D eigenvalue weighted by molar-refractivity contribution is 0.609. The molecule has 2 nitrogen and oxygen atoms in total. The van der Waals surface area contributed by atoms with E-state index in [0.717, 1.165) is 25.6 Å². The molecule has 2 aromatic heterocycles. The van der Waals surface area contributed by atoms with Gasteiger partial charge in [0.25, 0.3) is 0 Å². The molecular formula is C14H18N2S. The molecule has 0 aromatic carbocycles. The van der Waals surface area contributed by atoms with Crippen LogP contribution >= 0.6 is 11.3 Å². The van der Waals surface area contributed by atoms with E-state index in [1.807, 2.05) is 11.3 Å². The average molecular weight is 246 g/mol. The Morgan fingerprint density at radius 1 is 1.29 bits per heavy atom. The van der Waals surface area contributed by atoms with E-state index in [0.29, 0.717) is 0 Å². The molecule has 90 valence electrons. The first kappa shape index (κ1) is 11.1. The van der Waals surface area contributed by atoms with Gasteiger partial charge in [-0.1, -0.05) is 6.07 Å². The van der Waals surface area contributed by atoms with E-state index >= 15 is 0 Å². The largest absolute Gasteiger partial charge is 0.350 e. The molecule has 3 rings (SSSR count). The topological polar surface area (TPSA) is 17.0 Å². The molecule has 1 aliphatic carbocycles. The van der Waals surface area contributed by atoms with Crippen molar-refractivity contribution in [1.29, 1.82) is 0 Å². The van der Waals surface area contributed by atoms with E-state index in [1.165, 1.54) is 23.4 Å². The fourth-order valence-corrected chi connectivity index (χ4v) is 2.75. The van der Waals surface area contributed by atoms with Gasteiger partial charge in [-0.25, -0.2) is 0 Å². The number of thiophene rings is 1. The molecule has 17 heavy (non-hydrogen) atoms. The molecule has 1 fully saturated rings. The van der Waals surface area contributed by atoms with Crippen LogP contribution in [-0.4, -0.2) is 10.6 Å². The van der Waals surface area contributed by atoms with Crippen molar-refractivity contribution in [3.63, 3.8) is 0 Å². The zero-order valence-corrected chi connectivity index (χ0v) is 10.7. The summed E-state index contributed by atoms with van der Waals surface area (Å²) >= 11 is 1.85. The highest BCUT2D eigenvalue weighted by atomic mass is 32.1. The molecule has 0 aliphatic heterocycles. The van der Waals surface area contributed by atoms with Gasteiger partial charge in [0.15, 0.2) is 0 Å². The van der Waals surface area contributed by atoms with E-state index < -0.39 is 0 Å². The fourth-order valence-electron chi connectivity index (χ4n) is 2.05. The molecule has 0 radical (unpaired) electrons. The summed E-state index contributed by atoms with van der Waals surface area (Å²) in [4.78, 5) is 1.47. The molecule has 0 unspecified atom stereocenters. The molecule has 2 heterocycles. The third-order valence-electron chi connectivity index (χ3n) is 3.25. The first-order valence-corrected chi connectivity index (χ1v) is 7.19. The molecule has 0 atom stereocenters. The second-order valence-corrected chi connectivity index (χ2v) is 5.71. The van der Waals surface area contributed by atoms with E-state index in [4.69, 9.17) is 0 Å². The summed E-state index contributed by atoms with van der Waals surface area (Å²) in [5.41, 5.74) is 1.41. The quantitative estimate of drug-likeness (QED) is 0.829. The number of hydrogen-bond acceptors (Lipinski definition) is 2. The highest BCUT2D eigenvalue weighted by molar-refractivity contribution is 7.09. The van der Waals surface area contributed by atoms with Gasteiger partial charge in [0, 0.05) is 35.9 Å². The van der Waals surface area contributed by atoms with Gasteiger partial charge in [-0.15, -0.1) is 11.3 Å². The van der Waals surface area contributed by atoms with Crippen molar-refractivity contribution in [3.05, 3.63) is 46.4 Å². The van der Waals surface area contributed by atoms with Crippen LogP contribution in [0.25, 0.3) is 0 Å². The van der Waals surface area contributed by atoms with E-state index in [1.54, 1.807) is 0 Å². The Balaban J connectivity index is 1.56. The minimum atomic E-state index is 0.788. The summed E-state index contributed by atoms with van der Waals surface area (Å²) in [6, 6.07) is 9.51. The van der Waals surface area contributed by atoms with Crippen molar-refractivity contribution in [2.24, 2.45) is 0 Å². The van der Waals surface area contributed by atoms with Gasteiger partial charge in [-0.3, -0.25) is 0 Å². The normalized spacial score (nSPS) is 15.3. The first-order chi connectivity index (χ1) is 8.42. The van der Waals surface area contributed by atoms with E-state index in [-0.39, 0.29) is 0 Å². The van der Waals surface area contributed by atoms with Crippen molar-refractivity contribution in [1.82, 2.24) is 9.88 Å². The number of nitrogens with zero attached hydrogens (tertiary/aromatic N) is 1. The van der Waals surface area contributed by atoms with E-state index in [2.05, 4.69) is 45.7 Å². The summed E-state index contributed by atoms with van der Waals surface area (Å²) in [6.45, 7) is 2.11. The zero-order chi connectivity index (χ0) is 11.5. The molecule has 3 heteroatoms. The fraction of sp³-hybridized carbons (Fsp3) is 0.429. The molecule has 1 saturated carbocycles. The smallest absolute Gasteiger partial charge is 0.0361 e. The van der Waals surface area contributed by atoms with Crippen molar-refractivity contribution in [2.75, 3.05) is 0 Å². The lowest BCUT2D eigenvalue weighted by Crippen LogP contribution is -2.18. The third kappa shape index (κ3) is 2.99. The number of aromatic nitrogens is 1. The molecular weight excluding hydrogens is 228 g/mol. The predicted molar refractivity (Wildman–Crippen MR) is 72.3 cm³/mol. The van der Waals surface area contributed by atoms with Gasteiger partial charge < -0.3 is 9.88 Å². The third-order valence-corrected chi connectivity index (χ3v) is 4.19. The Kier molecular flexibility index (Phi) is 3.29. The Bertz CT molecular complexity index is 454. The van der Waals surface area contributed by atoms with Crippen LogP contribution in [-0.2, 0) is 19.5 Å². The number of rotatable bonds is 6. The van der Waals surface area contributed by atoms with E-state index in [9.17, 15) is 0 Å². The second-order valence-electron chi connectivity index (χ2n) is 4.68. The average Bonchev–Trinajstić information content (AvgIpc) is 2.86. The first-order valence-electron chi connectivity index (χ1n) is 6.31. The zero-order valence-electron chi connectivity index (χ0n) is 9.93. The molecule has 0 bridgehead atoms. The highest BCUT2D eigenvalue weighted by Crippen LogP contribution is 2.19. The summed E-state index contributed by atoms with van der Waals surface area (Å²) in [5.74, 6) is 0. The Hall–Kier alpha value is -1.06. The molecule has 1 N–H and O–H groups in total. The second kappa shape index (κ2) is 5.07. The summed E-state index contributed by atoms with van der Waals surface area (Å²) < 4.78 is 2.37. The molecule has 1 aliphatic rings. The van der Waals surface area contributed by atoms with Crippen molar-refractivity contribution in [2.45, 2.75) is 38.4 Å². The maximum absolute atomic E-state index is 3.57. The minimum absolute atomic E-state index is 0.788. The van der Waals surface area contributed by atoms with Gasteiger partial charge in [-0.05, 0) is 42.8 Å². The Morgan fingerprint density at radius 2 is 2.24 bits per heavy atom. The van der Waals surface area contributed by atoms with Crippen LogP contribution in [0, 0.1) is 0 Å². The summed E-state index contributed by atoms with van der Waals surface area (Å²) in [5, 5.41) is 5.73. The van der Waals surface area contributed by atoms with Crippen LogP contribution in [0.5, 0.6) is 0 Å². The van der Waals surface area contributed by atoms with Crippen molar-refractivity contribution >= 4 is 11.3 Å². The predicted octanol–water partition coefficient (Wildman–Crippen LogP) is 3.04. The summed E-state index contributed by atoms with van der Waals surface area (Å²) in [6.07, 6.45) is 6.05. The van der Waals surface area contributed by atoms with Crippen LogP contribution in [0.2, 0.25) is 0 Å². The Labute approximate surface area is 106 Å². The van der Waals surface area contributed by atoms with Gasteiger partial charge >= 0.3 is 0 Å². The van der Waals surface area contributed by atoms with Crippen molar-refractivity contribution in [3.8, 4) is 0 Å². The minimum Gasteiger partial charge on any atom is -0.350 e. The van der Waals surface area contributed by atoms with Gasteiger partial charge in [0.05, 0.1) is 0 Å². The lowest BCUT2D eigenvalue weighted by atomic mass is 10.3. The summed E-state index contributed by atoms with van der Waals surface area (Å²) in [7, 11) is 0. The SMILES string of the molecule is c1csc(CCn2cccc2CNC2CC2)c1. The van der Waals surface area contributed by atoms with Gasteiger partial charge in [-0.2, -0.15) is 0 Å². The van der Waals surface area contributed by atoms with Crippen LogP contribution in [0.4, 0.5) is 0 Å². The van der Waals surface area contributed by atoms with Crippen molar-refractivity contribution < 1.29 is 0 Å². The number of hydrogen-bond donors (Lipinski definition) is 1. The maximum atomic E-state index is 3.57. The maximum Gasteiger partial charge on any atom is 0.0361 e. The van der Waals surface area contributed by atoms with Crippen LogP contribution in [0.3, 0.4) is 0 Å². The number of aryl methyl sites for hydroxylation is 2. The van der Waals surface area contributed by atoms with Crippen LogP contribution in [0.1, 0.15) is 23.4 Å². The molecule has 2 aromatic rings. The lowest BCUT2D eigenvalue weighted by Gasteiger charge is -2.09. The molecule has 0 spiro atoms. The number of nitrogens with one attached hydrogen (secondary N) is 1. The Morgan fingerprint density at radius 3 is 3.00 bits per heavy atom. The van der Waals surface area contributed by atoms with Crippen LogP contribution in [0.15, 0.2) is 35.8 Å². The highest BCUT2D eigenvalue weighted by Gasteiger charge is 2.20. The monoisotopic (exact) mass is 246 g/mol. The molecule has 0 amide bonds. The van der Waals surface area contributed by atoms with Crippen LogP contribution < -0.4 is 5.32 Å². The standard InChI is InChI=1S/C14H18N2S/c1-3-13(11-15-12-5-6-12)16(8-1)9-7-14-4-2-10-17-14/h1-4,8,10,12,15H,5-7,9,11H2. The molecule has 0 saturated heterocycles. The van der Waals surface area contributed by atoms with Gasteiger partial charge in [0.2, 0.25) is 0 Å². The van der Waals surface area contributed by atoms with Gasteiger partial charge in [0.1, 0.15) is 0 Å².